The van der Waals surface area contributed by atoms with Crippen LogP contribution in [-0.2, 0) is 9.59 Å². The van der Waals surface area contributed by atoms with E-state index in [0.29, 0.717) is 31.1 Å². The van der Waals surface area contributed by atoms with Gasteiger partial charge in [0.15, 0.2) is 0 Å². The number of nitrogens with zero attached hydrogens (tertiary/aromatic N) is 2. The average Bonchev–Trinajstić information content (AvgIpc) is 3.35. The van der Waals surface area contributed by atoms with Gasteiger partial charge < -0.3 is 15.3 Å². The summed E-state index contributed by atoms with van der Waals surface area (Å²) in [6.45, 7) is 3.19. The van der Waals surface area contributed by atoms with Crippen LogP contribution in [-0.4, -0.2) is 59.4 Å². The van der Waals surface area contributed by atoms with Gasteiger partial charge in [0.05, 0.1) is 17.5 Å². The Labute approximate surface area is 210 Å². The van der Waals surface area contributed by atoms with Crippen molar-refractivity contribution in [2.75, 3.05) is 38.0 Å². The van der Waals surface area contributed by atoms with Gasteiger partial charge in [-0.15, -0.1) is 0 Å². The molecule has 1 atom stereocenters. The number of hydrogen-bond acceptors (Lipinski definition) is 4. The summed E-state index contributed by atoms with van der Waals surface area (Å²) in [7, 11) is 0. The number of phenolic OH excluding ortho intramolecular Hbond substituents is 1. The summed E-state index contributed by atoms with van der Waals surface area (Å²) < 4.78 is 0. The monoisotopic (exact) mass is 491 g/mol. The molecule has 7 heteroatoms. The Bertz CT molecular complexity index is 1230. The molecule has 0 aromatic heterocycles. The lowest BCUT2D eigenvalue weighted by Crippen LogP contribution is -2.43. The van der Waals surface area contributed by atoms with Gasteiger partial charge in [0.1, 0.15) is 5.75 Å². The Balaban J connectivity index is 1.11. The van der Waals surface area contributed by atoms with Crippen LogP contribution < -0.4 is 5.32 Å². The van der Waals surface area contributed by atoms with E-state index in [4.69, 9.17) is 11.6 Å². The zero-order chi connectivity index (χ0) is 24.4. The van der Waals surface area contributed by atoms with Gasteiger partial charge in [0.2, 0.25) is 11.8 Å². The van der Waals surface area contributed by atoms with Gasteiger partial charge in [0.25, 0.3) is 0 Å². The molecule has 3 aromatic carbocycles. The number of anilines is 1. The molecule has 5 rings (SSSR count). The van der Waals surface area contributed by atoms with Crippen molar-refractivity contribution in [2.45, 2.75) is 25.2 Å². The van der Waals surface area contributed by atoms with Crippen LogP contribution in [0.1, 0.15) is 30.7 Å². The fourth-order valence-corrected chi connectivity index (χ4v) is 5.54. The molecule has 0 bridgehead atoms. The van der Waals surface area contributed by atoms with E-state index in [1.807, 2.05) is 4.90 Å². The molecule has 0 spiro atoms. The molecule has 0 radical (unpaired) electrons. The van der Waals surface area contributed by atoms with Crippen molar-refractivity contribution in [3.8, 4) is 5.75 Å². The third-order valence-electron chi connectivity index (χ3n) is 7.33. The highest BCUT2D eigenvalue weighted by molar-refractivity contribution is 6.32. The predicted octanol–water partition coefficient (Wildman–Crippen LogP) is 4.87. The number of carbonyl (C=O) groups excluding carboxylic acids is 2. The minimum atomic E-state index is -0.174. The zero-order valence-corrected chi connectivity index (χ0v) is 20.4. The molecule has 2 N–H and O–H groups in total. The van der Waals surface area contributed by atoms with Gasteiger partial charge in [-0.1, -0.05) is 54.1 Å². The quantitative estimate of drug-likeness (QED) is 0.500. The second-order valence-electron chi connectivity index (χ2n) is 9.60. The number of amides is 2. The molecule has 182 valence electrons. The summed E-state index contributed by atoms with van der Waals surface area (Å²) in [5.41, 5.74) is 1.94. The lowest BCUT2D eigenvalue weighted by Gasteiger charge is -2.33. The molecule has 2 saturated heterocycles. The van der Waals surface area contributed by atoms with Crippen molar-refractivity contribution in [3.63, 3.8) is 0 Å². The van der Waals surface area contributed by atoms with Gasteiger partial charge in [-0.3, -0.25) is 14.5 Å². The number of nitrogens with one attached hydrogen (secondary N) is 1. The summed E-state index contributed by atoms with van der Waals surface area (Å²) in [6.07, 6.45) is 2.66. The van der Waals surface area contributed by atoms with Gasteiger partial charge in [-0.05, 0) is 66.3 Å². The van der Waals surface area contributed by atoms with Crippen molar-refractivity contribution in [1.82, 2.24) is 9.80 Å². The zero-order valence-electron chi connectivity index (χ0n) is 19.6. The summed E-state index contributed by atoms with van der Waals surface area (Å²) in [4.78, 5) is 29.7. The maximum absolute atomic E-state index is 13.0. The van der Waals surface area contributed by atoms with E-state index >= 15 is 0 Å². The van der Waals surface area contributed by atoms with Crippen LogP contribution in [0.5, 0.6) is 5.75 Å². The molecule has 2 aliphatic rings. The molecule has 0 saturated carbocycles. The molecule has 2 fully saturated rings. The third-order valence-corrected chi connectivity index (χ3v) is 7.63. The number of halogens is 1. The van der Waals surface area contributed by atoms with Crippen LogP contribution in [0.25, 0.3) is 10.8 Å². The standard InChI is InChI=1S/C28H30ClN3O3/c29-25-16-22(8-9-26(25)33)30-28(35)21-10-13-31(17-21)18-27(34)32-14-11-20(12-15-32)24-7-3-5-19-4-1-2-6-23(19)24/h1-9,16,20-21,33H,10-15,17-18H2,(H,30,35)/t21-/m1/s1. The highest BCUT2D eigenvalue weighted by Gasteiger charge is 2.31. The second-order valence-corrected chi connectivity index (χ2v) is 10.0. The van der Waals surface area contributed by atoms with Crippen LogP contribution in [0.4, 0.5) is 5.69 Å². The van der Waals surface area contributed by atoms with Gasteiger partial charge >= 0.3 is 0 Å². The first-order valence-electron chi connectivity index (χ1n) is 12.2. The van der Waals surface area contributed by atoms with Gasteiger partial charge in [-0.2, -0.15) is 0 Å². The number of piperidine rings is 1. The van der Waals surface area contributed by atoms with E-state index in [1.54, 1.807) is 6.07 Å². The number of hydrogen-bond donors (Lipinski definition) is 2. The van der Waals surface area contributed by atoms with E-state index in [-0.39, 0.29) is 28.5 Å². The first kappa shape index (κ1) is 23.6. The highest BCUT2D eigenvalue weighted by Crippen LogP contribution is 2.33. The third kappa shape index (κ3) is 5.29. The first-order chi connectivity index (χ1) is 17.0. The topological polar surface area (TPSA) is 72.9 Å². The van der Waals surface area contributed by atoms with E-state index in [0.717, 1.165) is 32.5 Å². The van der Waals surface area contributed by atoms with E-state index in [1.165, 1.54) is 28.5 Å². The molecule has 2 aliphatic heterocycles. The smallest absolute Gasteiger partial charge is 0.236 e. The maximum atomic E-state index is 13.0. The largest absolute Gasteiger partial charge is 0.506 e. The second kappa shape index (κ2) is 10.3. The molecule has 2 heterocycles. The SMILES string of the molecule is O=C(Nc1ccc(O)c(Cl)c1)[C@@H]1CCN(CC(=O)N2CCC(c3cccc4ccccc34)CC2)C1. The van der Waals surface area contributed by atoms with Crippen LogP contribution in [0, 0.1) is 5.92 Å². The van der Waals surface area contributed by atoms with Crippen molar-refractivity contribution in [1.29, 1.82) is 0 Å². The Morgan fingerprint density at radius 1 is 0.971 bits per heavy atom. The Morgan fingerprint density at radius 2 is 1.74 bits per heavy atom. The fourth-order valence-electron chi connectivity index (χ4n) is 5.36. The minimum absolute atomic E-state index is 0.0172. The lowest BCUT2D eigenvalue weighted by molar-refractivity contribution is -0.133. The van der Waals surface area contributed by atoms with Crippen LogP contribution in [0.3, 0.4) is 0 Å². The van der Waals surface area contributed by atoms with Crippen LogP contribution in [0.2, 0.25) is 5.02 Å². The minimum Gasteiger partial charge on any atom is -0.506 e. The highest BCUT2D eigenvalue weighted by atomic mass is 35.5. The Morgan fingerprint density at radius 3 is 2.54 bits per heavy atom. The molecule has 2 amide bonds. The summed E-state index contributed by atoms with van der Waals surface area (Å²) in [5, 5.41) is 15.2. The molecule has 0 unspecified atom stereocenters. The Hall–Kier alpha value is -3.09. The summed E-state index contributed by atoms with van der Waals surface area (Å²) in [6, 6.07) is 19.6. The van der Waals surface area contributed by atoms with E-state index in [2.05, 4.69) is 52.7 Å². The summed E-state index contributed by atoms with van der Waals surface area (Å²) in [5.74, 6) is 0.340. The maximum Gasteiger partial charge on any atom is 0.236 e. The molecule has 6 nitrogen and oxygen atoms in total. The average molecular weight is 492 g/mol. The lowest BCUT2D eigenvalue weighted by atomic mass is 9.86. The molecule has 3 aromatic rings. The summed E-state index contributed by atoms with van der Waals surface area (Å²) >= 11 is 5.93. The van der Waals surface area contributed by atoms with E-state index in [9.17, 15) is 14.7 Å². The van der Waals surface area contributed by atoms with E-state index < -0.39 is 0 Å². The number of fused-ring (bicyclic) bond motifs is 1. The van der Waals surface area contributed by atoms with Crippen molar-refractivity contribution < 1.29 is 14.7 Å². The van der Waals surface area contributed by atoms with Crippen LogP contribution in [0.15, 0.2) is 60.7 Å². The van der Waals surface area contributed by atoms with Crippen molar-refractivity contribution in [2.24, 2.45) is 5.92 Å². The molecule has 0 aliphatic carbocycles. The van der Waals surface area contributed by atoms with Crippen molar-refractivity contribution >= 4 is 39.9 Å². The Kier molecular flexibility index (Phi) is 6.93. The first-order valence-corrected chi connectivity index (χ1v) is 12.6. The van der Waals surface area contributed by atoms with Crippen molar-refractivity contribution in [3.05, 3.63) is 71.2 Å². The normalized spacial score (nSPS) is 19.2. The fraction of sp³-hybridized carbons (Fsp3) is 0.357. The number of phenols is 1. The predicted molar refractivity (Wildman–Crippen MR) is 139 cm³/mol. The molecular weight excluding hydrogens is 462 g/mol. The number of likely N-dealkylation sites (tertiary alicyclic amines) is 2. The van der Waals surface area contributed by atoms with Crippen LogP contribution >= 0.6 is 11.6 Å². The number of carbonyl (C=O) groups is 2. The number of aromatic hydroxyl groups is 1. The molecule has 35 heavy (non-hydrogen) atoms. The number of benzene rings is 3. The number of rotatable bonds is 5. The molecular formula is C28H30ClN3O3. The van der Waals surface area contributed by atoms with Gasteiger partial charge in [-0.25, -0.2) is 0 Å². The van der Waals surface area contributed by atoms with Gasteiger partial charge in [0, 0.05) is 25.3 Å².